The second-order valence-corrected chi connectivity index (χ2v) is 12.2. The number of carbonyl (C=O) groups is 4. The number of alkyl halides is 2. The molecule has 8 nitrogen and oxygen atoms in total. The Balaban J connectivity index is 1.70. The zero-order chi connectivity index (χ0) is 29.8. The molecule has 1 saturated heterocycles. The van der Waals surface area contributed by atoms with E-state index in [0.717, 1.165) is 19.9 Å². The Bertz CT molecular complexity index is 1210. The van der Waals surface area contributed by atoms with Gasteiger partial charge in [-0.15, -0.1) is 0 Å². The van der Waals surface area contributed by atoms with Gasteiger partial charge in [0.2, 0.25) is 5.78 Å². The summed E-state index contributed by atoms with van der Waals surface area (Å²) in [4.78, 5) is 50.3. The van der Waals surface area contributed by atoms with E-state index in [4.69, 9.17) is 21.7 Å². The molecule has 3 saturated carbocycles. The van der Waals surface area contributed by atoms with Crippen LogP contribution in [0.4, 0.5) is 8.78 Å². The number of halogens is 2. The summed E-state index contributed by atoms with van der Waals surface area (Å²) >= 11 is 0. The Kier molecular flexibility index (Phi) is 5.48. The van der Waals surface area contributed by atoms with E-state index >= 15 is 8.78 Å². The van der Waals surface area contributed by atoms with Crippen LogP contribution in [0.3, 0.4) is 0 Å². The number of fused-ring (bicyclic) bond motifs is 7. The van der Waals surface area contributed by atoms with Crippen LogP contribution in [0.2, 0.25) is 0 Å². The smallest absolute Gasteiger partial charge is 0.303 e. The Morgan fingerprint density at radius 2 is 1.82 bits per heavy atom. The van der Waals surface area contributed by atoms with Crippen molar-refractivity contribution in [3.05, 3.63) is 11.6 Å². The van der Waals surface area contributed by atoms with Gasteiger partial charge in [0.15, 0.2) is 29.4 Å². The predicted octanol–water partition coefficient (Wildman–Crippen LogP) is 3.73. The Hall–Kier alpha value is -2.20. The number of esters is 2. The van der Waals surface area contributed by atoms with E-state index in [1.807, 2.05) is 0 Å². The SMILES string of the molecule is [3H]C1C(=O)C=C2[C@@H](F)C[C@H]3[C@@H]4C[C@H]5OC(C)(C)O[C@@]5(C(=O)COC(C)=O)[C@@]4(C)C[C@H](OC(C)=O)[C@]3(F)[C@@]2(C)C1[3H]. The van der Waals surface area contributed by atoms with Gasteiger partial charge in [0.05, 0.1) is 6.10 Å². The highest BCUT2D eigenvalue weighted by Crippen LogP contribution is 2.73. The van der Waals surface area contributed by atoms with Crippen molar-refractivity contribution in [3.8, 4) is 0 Å². The van der Waals surface area contributed by atoms with E-state index in [2.05, 4.69) is 0 Å². The number of hydrogen-bond donors (Lipinski definition) is 0. The number of ketones is 2. The summed E-state index contributed by atoms with van der Waals surface area (Å²) in [6, 6.07) is 0. The lowest BCUT2D eigenvalue weighted by atomic mass is 9.43. The molecule has 10 heteroatoms. The van der Waals surface area contributed by atoms with Gasteiger partial charge in [0.25, 0.3) is 0 Å². The van der Waals surface area contributed by atoms with Gasteiger partial charge in [0.1, 0.15) is 12.3 Å². The normalized spacial score (nSPS) is 51.3. The van der Waals surface area contributed by atoms with E-state index in [-0.39, 0.29) is 24.8 Å². The quantitative estimate of drug-likeness (QED) is 0.495. The molecule has 2 unspecified atom stereocenters. The summed E-state index contributed by atoms with van der Waals surface area (Å²) < 4.78 is 74.5. The molecule has 0 bridgehead atoms. The van der Waals surface area contributed by atoms with E-state index in [1.165, 1.54) is 6.92 Å². The number of rotatable bonds is 4. The Morgan fingerprint density at radius 1 is 1.13 bits per heavy atom. The molecule has 38 heavy (non-hydrogen) atoms. The first-order valence-electron chi connectivity index (χ1n) is 14.2. The molecule has 1 heterocycles. The third kappa shape index (κ3) is 3.44. The van der Waals surface area contributed by atoms with Crippen LogP contribution >= 0.6 is 0 Å². The van der Waals surface area contributed by atoms with Crippen molar-refractivity contribution >= 4 is 23.5 Å². The maximum Gasteiger partial charge on any atom is 0.303 e. The lowest BCUT2D eigenvalue weighted by molar-refractivity contribution is -0.259. The van der Waals surface area contributed by atoms with Gasteiger partial charge < -0.3 is 18.9 Å². The summed E-state index contributed by atoms with van der Waals surface area (Å²) in [5.74, 6) is -6.00. The van der Waals surface area contributed by atoms with Crippen molar-refractivity contribution in [1.29, 1.82) is 0 Å². The second kappa shape index (κ2) is 8.40. The molecule has 1 aliphatic heterocycles. The molecule has 0 aromatic carbocycles. The highest BCUT2D eigenvalue weighted by molar-refractivity contribution is 5.93. The van der Waals surface area contributed by atoms with Gasteiger partial charge in [-0.1, -0.05) is 13.8 Å². The van der Waals surface area contributed by atoms with Crippen molar-refractivity contribution in [3.63, 3.8) is 0 Å². The lowest BCUT2D eigenvalue weighted by Crippen LogP contribution is -2.72. The van der Waals surface area contributed by atoms with E-state index in [9.17, 15) is 19.2 Å². The average Bonchev–Trinajstić information content (AvgIpc) is 3.25. The summed E-state index contributed by atoms with van der Waals surface area (Å²) in [5, 5.41) is 0. The molecule has 5 rings (SSSR count). The lowest BCUT2D eigenvalue weighted by Gasteiger charge is -2.64. The van der Waals surface area contributed by atoms with Crippen LogP contribution in [0, 0.1) is 22.7 Å². The molecule has 4 aliphatic carbocycles. The van der Waals surface area contributed by atoms with E-state index in [0.29, 0.717) is 0 Å². The summed E-state index contributed by atoms with van der Waals surface area (Å²) in [6.07, 6.45) is -7.14. The number of Topliss-reactive ketones (excluding diaryl/α,β-unsaturated/α-hetero) is 1. The number of ether oxygens (including phenoxy) is 4. The number of carbonyl (C=O) groups excluding carboxylic acids is 4. The van der Waals surface area contributed by atoms with Crippen molar-refractivity contribution in [2.75, 3.05) is 6.61 Å². The Morgan fingerprint density at radius 3 is 2.45 bits per heavy atom. The van der Waals surface area contributed by atoms with Gasteiger partial charge in [-0.3, -0.25) is 19.2 Å². The molecule has 0 aromatic rings. The minimum atomic E-state index is -2.54. The predicted molar refractivity (Wildman–Crippen MR) is 128 cm³/mol. The van der Waals surface area contributed by atoms with Crippen LogP contribution in [0.5, 0.6) is 0 Å². The van der Waals surface area contributed by atoms with Crippen LogP contribution in [0.25, 0.3) is 0 Å². The van der Waals surface area contributed by atoms with Crippen LogP contribution in [0.15, 0.2) is 11.6 Å². The van der Waals surface area contributed by atoms with Gasteiger partial charge in [-0.05, 0) is 57.1 Å². The molecule has 0 aromatic heterocycles. The van der Waals surface area contributed by atoms with Crippen molar-refractivity contribution in [1.82, 2.24) is 0 Å². The van der Waals surface area contributed by atoms with Crippen LogP contribution in [-0.2, 0) is 38.1 Å². The maximum atomic E-state index is 18.2. The summed E-state index contributed by atoms with van der Waals surface area (Å²) in [7, 11) is 0. The standard InChI is InChI=1S/C28H36F2O8/c1-14(31)35-13-21(34)28-22(37-24(3,4)38-28)11-17-18-10-20(29)19-9-16(33)7-8-25(19,5)27(18,30)23(36-15(2)32)12-26(17,28)6/h9,17-18,20,22-23H,7-8,10-13H2,1-6H3/t17-,18-,20-,22+,23-,25-,26-,27-,28+/m0/s1/i7T,8T/t7?,8?,17-,18-,20-,22+,23-,25-,26-,27-,28+. The third-order valence-electron chi connectivity index (χ3n) is 9.73. The minimum Gasteiger partial charge on any atom is -0.459 e. The van der Waals surface area contributed by atoms with Gasteiger partial charge in [0, 0.05) is 39.7 Å². The van der Waals surface area contributed by atoms with Gasteiger partial charge in [-0.25, -0.2) is 8.78 Å². The van der Waals surface area contributed by atoms with Gasteiger partial charge in [-0.2, -0.15) is 0 Å². The molecule has 5 aliphatic rings. The molecule has 0 radical (unpaired) electrons. The van der Waals surface area contributed by atoms with Crippen LogP contribution in [0.1, 0.15) is 76.3 Å². The van der Waals surface area contributed by atoms with Crippen LogP contribution in [-0.4, -0.2) is 65.5 Å². The van der Waals surface area contributed by atoms with Crippen molar-refractivity contribution < 1.29 is 49.6 Å². The molecule has 0 amide bonds. The fourth-order valence-electron chi connectivity index (χ4n) is 8.37. The van der Waals surface area contributed by atoms with Crippen LogP contribution < -0.4 is 0 Å². The van der Waals surface area contributed by atoms with Crippen molar-refractivity contribution in [2.45, 2.75) is 109 Å². The second-order valence-electron chi connectivity index (χ2n) is 12.2. The van der Waals surface area contributed by atoms with Crippen molar-refractivity contribution in [2.24, 2.45) is 22.7 Å². The highest BCUT2D eigenvalue weighted by Gasteiger charge is 2.81. The first-order chi connectivity index (χ1) is 18.4. The molecule has 11 atom stereocenters. The molecular formula is C28H36F2O8. The highest BCUT2D eigenvalue weighted by atomic mass is 19.1. The first kappa shape index (κ1) is 24.8. The molecule has 0 N–H and O–H groups in total. The zero-order valence-corrected chi connectivity index (χ0v) is 22.5. The molecule has 0 spiro atoms. The molecule has 4 fully saturated rings. The summed E-state index contributed by atoms with van der Waals surface area (Å²) in [6.45, 7) is 7.96. The number of hydrogen-bond acceptors (Lipinski definition) is 8. The fraction of sp³-hybridized carbons (Fsp3) is 0.786. The Labute approximate surface area is 223 Å². The largest absolute Gasteiger partial charge is 0.459 e. The van der Waals surface area contributed by atoms with E-state index < -0.39 is 101 Å². The minimum absolute atomic E-state index is 0.0998. The maximum absolute atomic E-state index is 18.2. The summed E-state index contributed by atoms with van der Waals surface area (Å²) in [5.41, 5.74) is -7.70. The zero-order valence-electron chi connectivity index (χ0n) is 24.5. The first-order valence-corrected chi connectivity index (χ1v) is 13.0. The monoisotopic (exact) mass is 542 g/mol. The third-order valence-corrected chi connectivity index (χ3v) is 9.73. The van der Waals surface area contributed by atoms with Gasteiger partial charge >= 0.3 is 11.9 Å². The molecular weight excluding hydrogens is 502 g/mol. The van der Waals surface area contributed by atoms with E-state index in [1.54, 1.807) is 20.8 Å². The topological polar surface area (TPSA) is 105 Å². The number of allylic oxidation sites excluding steroid dienone is 1. The molecule has 210 valence electrons. The average molecular weight is 543 g/mol. The fourth-order valence-corrected chi connectivity index (χ4v) is 8.37.